The Morgan fingerprint density at radius 3 is 2.56 bits per heavy atom. The number of benzene rings is 1. The van der Waals surface area contributed by atoms with Gasteiger partial charge in [-0.1, -0.05) is 18.5 Å². The van der Waals surface area contributed by atoms with E-state index in [1.54, 1.807) is 0 Å². The second-order valence-corrected chi connectivity index (χ2v) is 8.50. The van der Waals surface area contributed by atoms with Crippen molar-refractivity contribution in [2.75, 3.05) is 11.5 Å². The number of halogens is 5. The Balaban J connectivity index is 1.93. The van der Waals surface area contributed by atoms with Crippen molar-refractivity contribution in [3.63, 3.8) is 0 Å². The summed E-state index contributed by atoms with van der Waals surface area (Å²) in [6.07, 6.45) is -1.92. The van der Waals surface area contributed by atoms with Gasteiger partial charge in [0.15, 0.2) is 0 Å². The van der Waals surface area contributed by atoms with Crippen molar-refractivity contribution in [3.05, 3.63) is 70.6 Å². The van der Waals surface area contributed by atoms with Crippen LogP contribution in [0.2, 0.25) is 5.02 Å². The number of pyridine rings is 1. The Kier molecular flexibility index (Phi) is 5.91. The molecular formula is C22H19ClF4N4O3. The van der Waals surface area contributed by atoms with E-state index in [0.29, 0.717) is 11.8 Å². The van der Waals surface area contributed by atoms with Crippen LogP contribution in [0.4, 0.5) is 23.4 Å². The maximum atomic E-state index is 13.7. The van der Waals surface area contributed by atoms with Gasteiger partial charge in [0.05, 0.1) is 23.1 Å². The maximum absolute atomic E-state index is 13.7. The van der Waals surface area contributed by atoms with E-state index >= 15 is 0 Å². The molecule has 0 bridgehead atoms. The molecule has 1 fully saturated rings. The van der Waals surface area contributed by atoms with Gasteiger partial charge in [0.2, 0.25) is 5.91 Å². The van der Waals surface area contributed by atoms with Gasteiger partial charge in [-0.05, 0) is 37.3 Å². The molecule has 180 valence electrons. The summed E-state index contributed by atoms with van der Waals surface area (Å²) in [5.41, 5.74) is -2.83. The lowest BCUT2D eigenvalue weighted by atomic mass is 9.86. The number of carbonyl (C=O) groups is 1. The molecule has 3 atom stereocenters. The van der Waals surface area contributed by atoms with Crippen LogP contribution in [0.1, 0.15) is 30.0 Å². The first-order chi connectivity index (χ1) is 15.9. The minimum atomic E-state index is -4.71. The molecule has 0 aliphatic carbocycles. The van der Waals surface area contributed by atoms with E-state index in [9.17, 15) is 32.6 Å². The van der Waals surface area contributed by atoms with E-state index in [4.69, 9.17) is 11.6 Å². The summed E-state index contributed by atoms with van der Waals surface area (Å²) >= 11 is 5.90. The molecule has 7 nitrogen and oxygen atoms in total. The summed E-state index contributed by atoms with van der Waals surface area (Å²) in [6.45, 7) is 1.81. The molecule has 2 aromatic heterocycles. The molecule has 0 radical (unpaired) electrons. The van der Waals surface area contributed by atoms with Gasteiger partial charge in [-0.3, -0.25) is 9.69 Å². The number of amides is 1. The Labute approximate surface area is 196 Å². The van der Waals surface area contributed by atoms with Gasteiger partial charge in [-0.15, -0.1) is 0 Å². The normalized spacial score (nSPS) is 23.1. The molecule has 2 N–H and O–H groups in total. The molecule has 0 spiro atoms. The number of hydrogen-bond acceptors (Lipinski definition) is 5. The van der Waals surface area contributed by atoms with Crippen LogP contribution in [0.5, 0.6) is 0 Å². The SMILES string of the molecule is Cc1cc(C(F)(F)F)cc(N2C(=O)C(C)[C@](O)(CO)[C@H]2c2nccn2-c2ccc(F)c(Cl)c2)n1. The van der Waals surface area contributed by atoms with Gasteiger partial charge < -0.3 is 14.8 Å². The highest BCUT2D eigenvalue weighted by atomic mass is 35.5. The largest absolute Gasteiger partial charge is 0.416 e. The van der Waals surface area contributed by atoms with Crippen molar-refractivity contribution in [1.29, 1.82) is 0 Å². The zero-order valence-corrected chi connectivity index (χ0v) is 18.6. The number of imidazole rings is 1. The van der Waals surface area contributed by atoms with E-state index in [-0.39, 0.29) is 22.4 Å². The minimum Gasteiger partial charge on any atom is -0.393 e. The van der Waals surface area contributed by atoms with Crippen LogP contribution in [0, 0.1) is 18.7 Å². The van der Waals surface area contributed by atoms with Crippen molar-refractivity contribution >= 4 is 23.3 Å². The molecular weight excluding hydrogens is 480 g/mol. The maximum Gasteiger partial charge on any atom is 0.416 e. The number of alkyl halides is 3. The molecule has 0 saturated carbocycles. The van der Waals surface area contributed by atoms with Crippen LogP contribution in [-0.2, 0) is 11.0 Å². The van der Waals surface area contributed by atoms with Crippen LogP contribution in [-0.4, -0.2) is 42.9 Å². The van der Waals surface area contributed by atoms with Gasteiger partial charge in [-0.25, -0.2) is 14.4 Å². The van der Waals surface area contributed by atoms with Gasteiger partial charge in [0.1, 0.15) is 29.1 Å². The number of rotatable bonds is 4. The second kappa shape index (κ2) is 8.33. The third-order valence-corrected chi connectivity index (χ3v) is 6.24. The zero-order valence-electron chi connectivity index (χ0n) is 17.9. The third-order valence-electron chi connectivity index (χ3n) is 5.95. The Bertz CT molecular complexity index is 1270. The van der Waals surface area contributed by atoms with Crippen LogP contribution in [0.15, 0.2) is 42.7 Å². The Morgan fingerprint density at radius 1 is 1.24 bits per heavy atom. The van der Waals surface area contributed by atoms with Crippen molar-refractivity contribution < 1.29 is 32.6 Å². The highest BCUT2D eigenvalue weighted by Crippen LogP contribution is 2.47. The van der Waals surface area contributed by atoms with Crippen LogP contribution >= 0.6 is 11.6 Å². The smallest absolute Gasteiger partial charge is 0.393 e. The fraction of sp³-hybridized carbons (Fsp3) is 0.318. The fourth-order valence-electron chi connectivity index (χ4n) is 4.13. The highest BCUT2D eigenvalue weighted by molar-refractivity contribution is 6.30. The molecule has 1 aliphatic heterocycles. The van der Waals surface area contributed by atoms with E-state index in [1.165, 1.54) is 42.9 Å². The van der Waals surface area contributed by atoms with Gasteiger partial charge >= 0.3 is 6.18 Å². The zero-order chi connectivity index (χ0) is 25.0. The number of hydrogen-bond donors (Lipinski definition) is 2. The predicted octanol–water partition coefficient (Wildman–Crippen LogP) is 3.83. The van der Waals surface area contributed by atoms with Crippen molar-refractivity contribution in [2.45, 2.75) is 31.7 Å². The van der Waals surface area contributed by atoms with Crippen molar-refractivity contribution in [2.24, 2.45) is 5.92 Å². The van der Waals surface area contributed by atoms with E-state index in [2.05, 4.69) is 9.97 Å². The number of aliphatic hydroxyl groups is 2. The summed E-state index contributed by atoms with van der Waals surface area (Å²) in [5.74, 6) is -2.98. The van der Waals surface area contributed by atoms with Crippen LogP contribution in [0.25, 0.3) is 5.69 Å². The average molecular weight is 499 g/mol. The summed E-state index contributed by atoms with van der Waals surface area (Å²) in [4.78, 5) is 22.5. The van der Waals surface area contributed by atoms with E-state index in [1.807, 2.05) is 0 Å². The predicted molar refractivity (Wildman–Crippen MR) is 114 cm³/mol. The molecule has 3 aromatic rings. The van der Waals surface area contributed by atoms with Gasteiger partial charge in [0, 0.05) is 23.8 Å². The van der Waals surface area contributed by atoms with E-state index in [0.717, 1.165) is 17.0 Å². The lowest BCUT2D eigenvalue weighted by Crippen LogP contribution is -2.45. The van der Waals surface area contributed by atoms with Crippen LogP contribution in [0.3, 0.4) is 0 Å². The standard InChI is InChI=1S/C22H19ClF4N4O3/c1-11-7-13(22(25,26)27)8-17(29-11)31-18(21(34,10-32)12(2)20(31)33)19-28-5-6-30(19)14-3-4-16(24)15(23)9-14/h3-9,12,18,32,34H,10H2,1-2H3/t12?,18-,21-/m1/s1. The number of anilines is 1. The molecule has 3 heterocycles. The lowest BCUT2D eigenvalue weighted by molar-refractivity contribution is -0.137. The lowest BCUT2D eigenvalue weighted by Gasteiger charge is -2.33. The molecule has 1 amide bonds. The third kappa shape index (κ3) is 3.83. The molecule has 4 rings (SSSR count). The first kappa shape index (κ1) is 24.1. The first-order valence-electron chi connectivity index (χ1n) is 10.1. The summed E-state index contributed by atoms with van der Waals surface area (Å²) in [6, 6.07) is 3.89. The molecule has 1 unspecified atom stereocenters. The highest BCUT2D eigenvalue weighted by Gasteiger charge is 2.59. The quantitative estimate of drug-likeness (QED) is 0.533. The second-order valence-electron chi connectivity index (χ2n) is 8.09. The number of carbonyl (C=O) groups excluding carboxylic acids is 1. The summed E-state index contributed by atoms with van der Waals surface area (Å²) < 4.78 is 55.5. The first-order valence-corrected chi connectivity index (χ1v) is 10.5. The van der Waals surface area contributed by atoms with E-state index < -0.39 is 47.6 Å². The monoisotopic (exact) mass is 498 g/mol. The Morgan fingerprint density at radius 2 is 1.94 bits per heavy atom. The number of aryl methyl sites for hydroxylation is 1. The fourth-order valence-corrected chi connectivity index (χ4v) is 4.30. The average Bonchev–Trinajstić information content (AvgIpc) is 3.32. The van der Waals surface area contributed by atoms with Gasteiger partial charge in [0.25, 0.3) is 0 Å². The number of nitrogens with zero attached hydrogens (tertiary/aromatic N) is 4. The summed E-state index contributed by atoms with van der Waals surface area (Å²) in [5, 5.41) is 21.3. The number of aliphatic hydroxyl groups excluding tert-OH is 1. The Hall–Kier alpha value is -3.02. The topological polar surface area (TPSA) is 91.5 Å². The van der Waals surface area contributed by atoms with Crippen LogP contribution < -0.4 is 4.90 Å². The minimum absolute atomic E-state index is 0.00266. The molecule has 34 heavy (non-hydrogen) atoms. The molecule has 12 heteroatoms. The molecule has 1 saturated heterocycles. The molecule has 1 aromatic carbocycles. The van der Waals surface area contributed by atoms with Crippen molar-refractivity contribution in [1.82, 2.24) is 14.5 Å². The molecule has 1 aliphatic rings. The summed E-state index contributed by atoms with van der Waals surface area (Å²) in [7, 11) is 0. The number of aromatic nitrogens is 3. The van der Waals surface area contributed by atoms with Crippen molar-refractivity contribution in [3.8, 4) is 5.69 Å². The van der Waals surface area contributed by atoms with Gasteiger partial charge in [-0.2, -0.15) is 13.2 Å².